The maximum atomic E-state index is 13.0. The van der Waals surface area contributed by atoms with Crippen molar-refractivity contribution in [3.8, 4) is 0 Å². The Morgan fingerprint density at radius 2 is 2.00 bits per heavy atom. The zero-order valence-electron chi connectivity index (χ0n) is 16.8. The van der Waals surface area contributed by atoms with Gasteiger partial charge in [0.25, 0.3) is 0 Å². The van der Waals surface area contributed by atoms with E-state index in [-0.39, 0.29) is 11.9 Å². The van der Waals surface area contributed by atoms with Crippen molar-refractivity contribution in [3.05, 3.63) is 58.9 Å². The number of hydrogen-bond donors (Lipinski definition) is 0. The fourth-order valence-corrected chi connectivity index (χ4v) is 3.78. The Bertz CT molecular complexity index is 880. The molecular formula is C22H26FN3OS. The molecule has 4 nitrogen and oxygen atoms in total. The van der Waals surface area contributed by atoms with E-state index in [0.717, 1.165) is 51.7 Å². The zero-order valence-corrected chi connectivity index (χ0v) is 17.6. The lowest BCUT2D eigenvalue weighted by molar-refractivity contribution is 0.103. The minimum absolute atomic E-state index is 0.0284. The molecule has 0 saturated carbocycles. The molecule has 0 radical (unpaired) electrons. The van der Waals surface area contributed by atoms with Crippen LogP contribution in [0.4, 0.5) is 10.1 Å². The number of aryl methyl sites for hydroxylation is 2. The predicted molar refractivity (Wildman–Crippen MR) is 116 cm³/mol. The van der Waals surface area contributed by atoms with E-state index in [9.17, 15) is 4.39 Å². The van der Waals surface area contributed by atoms with Crippen molar-refractivity contribution in [2.75, 3.05) is 19.3 Å². The molecule has 0 amide bonds. The highest BCUT2D eigenvalue weighted by Crippen LogP contribution is 2.29. The molecule has 1 heterocycles. The molecule has 0 aliphatic carbocycles. The van der Waals surface area contributed by atoms with Gasteiger partial charge in [-0.05, 0) is 68.3 Å². The molecule has 2 aromatic rings. The highest BCUT2D eigenvalue weighted by molar-refractivity contribution is 7.99. The lowest BCUT2D eigenvalue weighted by Crippen LogP contribution is -2.14. The van der Waals surface area contributed by atoms with Gasteiger partial charge in [0.05, 0.1) is 17.7 Å². The molecule has 0 aromatic heterocycles. The van der Waals surface area contributed by atoms with Crippen molar-refractivity contribution in [1.29, 1.82) is 0 Å². The predicted octanol–water partition coefficient (Wildman–Crippen LogP) is 5.34. The molecule has 0 N–H and O–H groups in total. The Labute approximate surface area is 170 Å². The molecule has 6 heteroatoms. The van der Waals surface area contributed by atoms with E-state index in [1.807, 2.05) is 18.3 Å². The first-order valence-corrected chi connectivity index (χ1v) is 10.4. The van der Waals surface area contributed by atoms with Crippen LogP contribution >= 0.6 is 11.8 Å². The molecule has 3 rings (SSSR count). The van der Waals surface area contributed by atoms with E-state index < -0.39 is 0 Å². The maximum Gasteiger partial charge on any atom is 0.142 e. The molecule has 1 aliphatic rings. The van der Waals surface area contributed by atoms with Gasteiger partial charge >= 0.3 is 0 Å². The van der Waals surface area contributed by atoms with E-state index in [1.54, 1.807) is 23.9 Å². The maximum absolute atomic E-state index is 13.0. The highest BCUT2D eigenvalue weighted by Gasteiger charge is 2.24. The molecular weight excluding hydrogens is 373 g/mol. The number of hydrogen-bond acceptors (Lipinski definition) is 4. The van der Waals surface area contributed by atoms with Gasteiger partial charge in [0, 0.05) is 36.2 Å². The summed E-state index contributed by atoms with van der Waals surface area (Å²) in [6.45, 7) is 7.17. The summed E-state index contributed by atoms with van der Waals surface area (Å²) in [5.74, 6) is 0.564. The van der Waals surface area contributed by atoms with Gasteiger partial charge in [0.1, 0.15) is 11.9 Å². The molecule has 0 fully saturated rings. The summed E-state index contributed by atoms with van der Waals surface area (Å²) in [4.78, 5) is 13.3. The molecule has 148 valence electrons. The molecule has 1 aliphatic heterocycles. The summed E-state index contributed by atoms with van der Waals surface area (Å²) >= 11 is 1.66. The summed E-state index contributed by atoms with van der Waals surface area (Å²) in [6, 6.07) is 10.8. The standard InChI is InChI=1S/C22H26FN3OS/c1-5-26(4)14-24-21-11-15(2)20(10-16(21)3)22-12-18(27-25-22)13-28-19-8-6-17(23)7-9-19/h6-11,14,18H,5,12-13H2,1-4H3/b24-14+. The topological polar surface area (TPSA) is 37.2 Å². The minimum atomic E-state index is -0.216. The van der Waals surface area contributed by atoms with Gasteiger partial charge < -0.3 is 9.74 Å². The first kappa shape index (κ1) is 20.4. The average molecular weight is 400 g/mol. The summed E-state index contributed by atoms with van der Waals surface area (Å²) in [5.41, 5.74) is 5.34. The van der Waals surface area contributed by atoms with Crippen LogP contribution in [0.3, 0.4) is 0 Å². The summed E-state index contributed by atoms with van der Waals surface area (Å²) in [6.07, 6.45) is 2.66. The molecule has 0 spiro atoms. The fourth-order valence-electron chi connectivity index (χ4n) is 2.89. The summed E-state index contributed by atoms with van der Waals surface area (Å²) < 4.78 is 13.0. The second-order valence-corrected chi connectivity index (χ2v) is 8.10. The Hall–Kier alpha value is -2.34. The number of rotatable bonds is 7. The van der Waals surface area contributed by atoms with Crippen molar-refractivity contribution < 1.29 is 9.23 Å². The van der Waals surface area contributed by atoms with Crippen LogP contribution in [0.2, 0.25) is 0 Å². The quantitative estimate of drug-likeness (QED) is 0.358. The Morgan fingerprint density at radius 3 is 2.71 bits per heavy atom. The van der Waals surface area contributed by atoms with Crippen molar-refractivity contribution in [2.24, 2.45) is 10.1 Å². The number of halogens is 1. The van der Waals surface area contributed by atoms with E-state index in [1.165, 1.54) is 12.1 Å². The second-order valence-electron chi connectivity index (χ2n) is 7.01. The summed E-state index contributed by atoms with van der Waals surface area (Å²) in [7, 11) is 2.01. The summed E-state index contributed by atoms with van der Waals surface area (Å²) in [5, 5.41) is 4.33. The largest absolute Gasteiger partial charge is 0.391 e. The van der Waals surface area contributed by atoms with Gasteiger partial charge in [-0.3, -0.25) is 0 Å². The SMILES string of the molecule is CCN(C)/C=N/c1cc(C)c(C2=NOC(CSc3ccc(F)cc3)C2)cc1C. The molecule has 28 heavy (non-hydrogen) atoms. The van der Waals surface area contributed by atoms with Crippen LogP contribution < -0.4 is 0 Å². The van der Waals surface area contributed by atoms with Gasteiger partial charge in [-0.25, -0.2) is 9.38 Å². The normalized spacial score (nSPS) is 16.3. The third-order valence-corrected chi connectivity index (χ3v) is 5.87. The van der Waals surface area contributed by atoms with Gasteiger partial charge in [-0.2, -0.15) is 0 Å². The van der Waals surface area contributed by atoms with Gasteiger partial charge in [-0.15, -0.1) is 11.8 Å². The number of aliphatic imine (C=N–C) groups is 1. The lowest BCUT2D eigenvalue weighted by atomic mass is 9.97. The number of oxime groups is 1. The van der Waals surface area contributed by atoms with Crippen LogP contribution in [0.5, 0.6) is 0 Å². The number of benzene rings is 2. The van der Waals surface area contributed by atoms with Crippen LogP contribution in [-0.4, -0.2) is 42.4 Å². The average Bonchev–Trinajstić information content (AvgIpc) is 3.16. The number of nitrogens with zero attached hydrogens (tertiary/aromatic N) is 3. The third-order valence-electron chi connectivity index (χ3n) is 4.73. The van der Waals surface area contributed by atoms with Crippen LogP contribution in [0.25, 0.3) is 0 Å². The molecule has 1 atom stereocenters. The molecule has 2 aromatic carbocycles. The molecule has 0 bridgehead atoms. The van der Waals surface area contributed by atoms with Crippen molar-refractivity contribution in [1.82, 2.24) is 4.90 Å². The minimum Gasteiger partial charge on any atom is -0.391 e. The van der Waals surface area contributed by atoms with E-state index >= 15 is 0 Å². The van der Waals surface area contributed by atoms with E-state index in [4.69, 9.17) is 4.84 Å². The first-order valence-electron chi connectivity index (χ1n) is 9.43. The smallest absolute Gasteiger partial charge is 0.142 e. The molecule has 1 unspecified atom stereocenters. The zero-order chi connectivity index (χ0) is 20.1. The monoisotopic (exact) mass is 399 g/mol. The van der Waals surface area contributed by atoms with Crippen LogP contribution in [0.1, 0.15) is 30.0 Å². The first-order chi connectivity index (χ1) is 13.5. The van der Waals surface area contributed by atoms with Crippen molar-refractivity contribution >= 4 is 29.5 Å². The Balaban J connectivity index is 1.63. The molecule has 0 saturated heterocycles. The number of thioether (sulfide) groups is 1. The van der Waals surface area contributed by atoms with Crippen molar-refractivity contribution in [2.45, 2.75) is 38.2 Å². The van der Waals surface area contributed by atoms with E-state index in [0.29, 0.717) is 0 Å². The van der Waals surface area contributed by atoms with Crippen LogP contribution in [-0.2, 0) is 4.84 Å². The van der Waals surface area contributed by atoms with Crippen molar-refractivity contribution in [3.63, 3.8) is 0 Å². The van der Waals surface area contributed by atoms with E-state index in [2.05, 4.69) is 43.1 Å². The third kappa shape index (κ3) is 5.13. The highest BCUT2D eigenvalue weighted by atomic mass is 32.2. The lowest BCUT2D eigenvalue weighted by Gasteiger charge is -2.12. The second kappa shape index (κ2) is 9.24. The fraction of sp³-hybridized carbons (Fsp3) is 0.364. The van der Waals surface area contributed by atoms with Crippen LogP contribution in [0.15, 0.2) is 51.4 Å². The Kier molecular flexibility index (Phi) is 6.73. The van der Waals surface area contributed by atoms with Crippen LogP contribution in [0, 0.1) is 19.7 Å². The van der Waals surface area contributed by atoms with Gasteiger partial charge in [0.15, 0.2) is 0 Å². The Morgan fingerprint density at radius 1 is 1.25 bits per heavy atom. The van der Waals surface area contributed by atoms with Gasteiger partial charge in [0.2, 0.25) is 0 Å². The van der Waals surface area contributed by atoms with Gasteiger partial charge in [-0.1, -0.05) is 5.16 Å².